The first-order chi connectivity index (χ1) is 13.4. The quantitative estimate of drug-likeness (QED) is 0.691. The smallest absolute Gasteiger partial charge is 0.256 e. The van der Waals surface area contributed by atoms with Gasteiger partial charge < -0.3 is 15.4 Å². The van der Waals surface area contributed by atoms with Gasteiger partial charge in [0.1, 0.15) is 5.75 Å². The van der Waals surface area contributed by atoms with Crippen molar-refractivity contribution in [2.24, 2.45) is 5.92 Å². The maximum absolute atomic E-state index is 13.0. The number of hydrogen-bond acceptors (Lipinski definition) is 4. The highest BCUT2D eigenvalue weighted by atomic mass is 16.5. The Labute approximate surface area is 163 Å². The Morgan fingerprint density at radius 3 is 2.32 bits per heavy atom. The number of carbonyl (C=O) groups excluding carboxylic acids is 2. The number of fused-ring (bicyclic) bond motifs is 1. The van der Waals surface area contributed by atoms with Crippen LogP contribution in [0.3, 0.4) is 0 Å². The number of nitrogens with one attached hydrogen (secondary N) is 2. The standard InChI is InChI=1S/C22H23N3O3/c1-13(2)21(26)25-16-11-19(18-10-5-14(3)23-20(18)12-16)22(27)24-15-6-8-17(28-4)9-7-15/h5-13H,1-4H3,(H,24,27)(H,25,26). The van der Waals surface area contributed by atoms with E-state index in [1.165, 1.54) is 0 Å². The fraction of sp³-hybridized carbons (Fsp3) is 0.227. The van der Waals surface area contributed by atoms with Crippen LogP contribution >= 0.6 is 0 Å². The second kappa shape index (κ2) is 8.08. The van der Waals surface area contributed by atoms with E-state index in [1.807, 2.05) is 32.9 Å². The maximum Gasteiger partial charge on any atom is 0.256 e. The fourth-order valence-corrected chi connectivity index (χ4v) is 2.76. The van der Waals surface area contributed by atoms with Crippen molar-refractivity contribution in [1.82, 2.24) is 4.98 Å². The topological polar surface area (TPSA) is 80.3 Å². The first-order valence-electron chi connectivity index (χ1n) is 9.05. The van der Waals surface area contributed by atoms with Crippen molar-refractivity contribution in [3.63, 3.8) is 0 Å². The van der Waals surface area contributed by atoms with Crippen LogP contribution in [0, 0.1) is 12.8 Å². The number of rotatable bonds is 5. The van der Waals surface area contributed by atoms with E-state index in [2.05, 4.69) is 15.6 Å². The third-order valence-corrected chi connectivity index (χ3v) is 4.33. The molecule has 0 bridgehead atoms. The average Bonchev–Trinajstić information content (AvgIpc) is 2.67. The number of methoxy groups -OCH3 is 1. The largest absolute Gasteiger partial charge is 0.497 e. The van der Waals surface area contributed by atoms with Gasteiger partial charge in [-0.3, -0.25) is 14.6 Å². The van der Waals surface area contributed by atoms with Gasteiger partial charge in [-0.1, -0.05) is 19.9 Å². The molecule has 3 aromatic rings. The molecule has 1 heterocycles. The summed E-state index contributed by atoms with van der Waals surface area (Å²) in [4.78, 5) is 29.6. The lowest BCUT2D eigenvalue weighted by atomic mass is 10.0. The monoisotopic (exact) mass is 377 g/mol. The van der Waals surface area contributed by atoms with E-state index in [0.717, 1.165) is 11.1 Å². The van der Waals surface area contributed by atoms with Gasteiger partial charge in [0.2, 0.25) is 5.91 Å². The van der Waals surface area contributed by atoms with Crippen LogP contribution in [0.5, 0.6) is 5.75 Å². The molecule has 0 saturated carbocycles. The molecule has 2 N–H and O–H groups in total. The maximum atomic E-state index is 13.0. The minimum absolute atomic E-state index is 0.117. The number of aryl methyl sites for hydroxylation is 1. The predicted octanol–water partition coefficient (Wildman–Crippen LogP) is 4.40. The van der Waals surface area contributed by atoms with Crippen LogP contribution in [0.4, 0.5) is 11.4 Å². The summed E-state index contributed by atoms with van der Waals surface area (Å²) in [6, 6.07) is 14.3. The normalized spacial score (nSPS) is 10.8. The molecular formula is C22H23N3O3. The summed E-state index contributed by atoms with van der Waals surface area (Å²) in [6.45, 7) is 5.52. The molecular weight excluding hydrogens is 354 g/mol. The number of anilines is 2. The number of benzene rings is 2. The molecule has 6 nitrogen and oxygen atoms in total. The van der Waals surface area contributed by atoms with Crippen LogP contribution in [-0.2, 0) is 4.79 Å². The number of aromatic nitrogens is 1. The fourth-order valence-electron chi connectivity index (χ4n) is 2.76. The first-order valence-corrected chi connectivity index (χ1v) is 9.05. The summed E-state index contributed by atoms with van der Waals surface area (Å²) in [6.07, 6.45) is 0. The van der Waals surface area contributed by atoms with Crippen LogP contribution in [0.25, 0.3) is 10.9 Å². The summed E-state index contributed by atoms with van der Waals surface area (Å²) in [5.41, 5.74) is 3.13. The lowest BCUT2D eigenvalue weighted by Crippen LogP contribution is -2.19. The first kappa shape index (κ1) is 19.4. The molecule has 0 unspecified atom stereocenters. The number of hydrogen-bond donors (Lipinski definition) is 2. The molecule has 28 heavy (non-hydrogen) atoms. The molecule has 0 aliphatic carbocycles. The minimum Gasteiger partial charge on any atom is -0.497 e. The Kier molecular flexibility index (Phi) is 5.59. The Hall–Kier alpha value is -3.41. The van der Waals surface area contributed by atoms with Gasteiger partial charge in [-0.25, -0.2) is 0 Å². The van der Waals surface area contributed by atoms with Gasteiger partial charge in [0.15, 0.2) is 0 Å². The van der Waals surface area contributed by atoms with Crippen molar-refractivity contribution >= 4 is 34.1 Å². The van der Waals surface area contributed by atoms with Crippen molar-refractivity contribution in [3.05, 3.63) is 59.8 Å². The van der Waals surface area contributed by atoms with Gasteiger partial charge in [-0.15, -0.1) is 0 Å². The minimum atomic E-state index is -0.276. The van der Waals surface area contributed by atoms with Crippen LogP contribution < -0.4 is 15.4 Å². The summed E-state index contributed by atoms with van der Waals surface area (Å²) < 4.78 is 5.14. The number of carbonyl (C=O) groups is 2. The number of ether oxygens (including phenoxy) is 1. The highest BCUT2D eigenvalue weighted by molar-refractivity contribution is 6.14. The summed E-state index contributed by atoms with van der Waals surface area (Å²) in [7, 11) is 1.59. The summed E-state index contributed by atoms with van der Waals surface area (Å²) >= 11 is 0. The van der Waals surface area contributed by atoms with Gasteiger partial charge >= 0.3 is 0 Å². The van der Waals surface area contributed by atoms with Crippen LogP contribution in [-0.4, -0.2) is 23.9 Å². The van der Waals surface area contributed by atoms with Gasteiger partial charge in [0.25, 0.3) is 5.91 Å². The summed E-state index contributed by atoms with van der Waals surface area (Å²) in [5, 5.41) is 6.46. The van der Waals surface area contributed by atoms with E-state index in [1.54, 1.807) is 43.5 Å². The van der Waals surface area contributed by atoms with E-state index >= 15 is 0 Å². The third kappa shape index (κ3) is 4.28. The predicted molar refractivity (Wildman–Crippen MR) is 111 cm³/mol. The molecule has 3 rings (SSSR count). The lowest BCUT2D eigenvalue weighted by Gasteiger charge is -2.13. The van der Waals surface area contributed by atoms with Crippen molar-refractivity contribution in [2.75, 3.05) is 17.7 Å². The van der Waals surface area contributed by atoms with Crippen LogP contribution in [0.1, 0.15) is 29.9 Å². The molecule has 0 fully saturated rings. The second-order valence-electron chi connectivity index (χ2n) is 6.87. The van der Waals surface area contributed by atoms with E-state index in [0.29, 0.717) is 28.2 Å². The van der Waals surface area contributed by atoms with Crippen molar-refractivity contribution in [1.29, 1.82) is 0 Å². The average molecular weight is 377 g/mol. The van der Waals surface area contributed by atoms with Crippen molar-refractivity contribution < 1.29 is 14.3 Å². The zero-order valence-electron chi connectivity index (χ0n) is 16.4. The molecule has 0 spiro atoms. The molecule has 2 amide bonds. The zero-order valence-corrected chi connectivity index (χ0v) is 16.4. The van der Waals surface area contributed by atoms with E-state index in [4.69, 9.17) is 4.74 Å². The Bertz CT molecular complexity index is 1030. The van der Waals surface area contributed by atoms with E-state index in [-0.39, 0.29) is 17.7 Å². The molecule has 0 aliphatic heterocycles. The second-order valence-corrected chi connectivity index (χ2v) is 6.87. The number of pyridine rings is 1. The molecule has 2 aromatic carbocycles. The number of amides is 2. The van der Waals surface area contributed by atoms with Crippen LogP contribution in [0.2, 0.25) is 0 Å². The third-order valence-electron chi connectivity index (χ3n) is 4.33. The molecule has 0 atom stereocenters. The van der Waals surface area contributed by atoms with Gasteiger partial charge in [-0.2, -0.15) is 0 Å². The SMILES string of the molecule is COc1ccc(NC(=O)c2cc(NC(=O)C(C)C)cc3nc(C)ccc23)cc1. The zero-order chi connectivity index (χ0) is 20.3. The molecule has 1 aromatic heterocycles. The van der Waals surface area contributed by atoms with Crippen molar-refractivity contribution in [2.45, 2.75) is 20.8 Å². The number of nitrogens with zero attached hydrogens (tertiary/aromatic N) is 1. The Morgan fingerprint density at radius 2 is 1.68 bits per heavy atom. The molecule has 0 radical (unpaired) electrons. The molecule has 0 aliphatic rings. The molecule has 0 saturated heterocycles. The molecule has 6 heteroatoms. The highest BCUT2D eigenvalue weighted by Gasteiger charge is 2.15. The lowest BCUT2D eigenvalue weighted by molar-refractivity contribution is -0.118. The van der Waals surface area contributed by atoms with E-state index < -0.39 is 0 Å². The van der Waals surface area contributed by atoms with E-state index in [9.17, 15) is 9.59 Å². The molecule has 144 valence electrons. The van der Waals surface area contributed by atoms with Crippen molar-refractivity contribution in [3.8, 4) is 5.75 Å². The van der Waals surface area contributed by atoms with Gasteiger partial charge in [0.05, 0.1) is 18.2 Å². The van der Waals surface area contributed by atoms with Crippen LogP contribution in [0.15, 0.2) is 48.5 Å². The Balaban J connectivity index is 1.99. The van der Waals surface area contributed by atoms with Gasteiger partial charge in [-0.05, 0) is 49.4 Å². The summed E-state index contributed by atoms with van der Waals surface area (Å²) in [5.74, 6) is 0.147. The Morgan fingerprint density at radius 1 is 0.964 bits per heavy atom. The highest BCUT2D eigenvalue weighted by Crippen LogP contribution is 2.25. The van der Waals surface area contributed by atoms with Gasteiger partial charge in [0, 0.05) is 28.4 Å².